The van der Waals surface area contributed by atoms with Crippen molar-refractivity contribution < 1.29 is 9.53 Å². The van der Waals surface area contributed by atoms with E-state index < -0.39 is 0 Å². The standard InChI is InChI=1S/C25H22N4O2S/c1-18-9-5-6-12-20(18)28-17-26-27-25(28)32-16-24(30)29-21-13-7-8-14-23(21)31-15-22(29)19-10-3-2-4-11-19/h2-14,17,22H,15-16H2,1H3. The number of rotatable bonds is 5. The number of aryl methyl sites for hydroxylation is 1. The van der Waals surface area contributed by atoms with Gasteiger partial charge in [0.2, 0.25) is 5.91 Å². The fraction of sp³-hybridized carbons (Fsp3) is 0.160. The lowest BCUT2D eigenvalue weighted by atomic mass is 10.0. The first-order valence-corrected chi connectivity index (χ1v) is 11.4. The van der Waals surface area contributed by atoms with Crippen LogP contribution in [0.25, 0.3) is 5.69 Å². The molecular weight excluding hydrogens is 420 g/mol. The number of carbonyl (C=O) groups excluding carboxylic acids is 1. The molecule has 1 unspecified atom stereocenters. The lowest BCUT2D eigenvalue weighted by molar-refractivity contribution is -0.117. The summed E-state index contributed by atoms with van der Waals surface area (Å²) in [6.45, 7) is 2.46. The van der Waals surface area contributed by atoms with Gasteiger partial charge in [0.25, 0.3) is 0 Å². The van der Waals surface area contributed by atoms with Crippen LogP contribution in [0.4, 0.5) is 5.69 Å². The van der Waals surface area contributed by atoms with E-state index in [0.29, 0.717) is 11.8 Å². The Balaban J connectivity index is 1.42. The number of thioether (sulfide) groups is 1. The molecule has 32 heavy (non-hydrogen) atoms. The highest BCUT2D eigenvalue weighted by Crippen LogP contribution is 2.39. The Hall–Kier alpha value is -3.58. The third-order valence-electron chi connectivity index (χ3n) is 5.50. The molecule has 1 aliphatic heterocycles. The largest absolute Gasteiger partial charge is 0.489 e. The van der Waals surface area contributed by atoms with Gasteiger partial charge in [0, 0.05) is 0 Å². The molecule has 0 aliphatic carbocycles. The van der Waals surface area contributed by atoms with E-state index in [1.807, 2.05) is 95.3 Å². The summed E-state index contributed by atoms with van der Waals surface area (Å²) >= 11 is 1.39. The summed E-state index contributed by atoms with van der Waals surface area (Å²) in [6.07, 6.45) is 1.69. The summed E-state index contributed by atoms with van der Waals surface area (Å²) < 4.78 is 7.91. The maximum Gasteiger partial charge on any atom is 0.238 e. The summed E-state index contributed by atoms with van der Waals surface area (Å²) in [5.41, 5.74) is 3.96. The molecular formula is C25H22N4O2S. The molecule has 4 aromatic rings. The van der Waals surface area contributed by atoms with Gasteiger partial charge in [-0.2, -0.15) is 0 Å². The van der Waals surface area contributed by atoms with Gasteiger partial charge in [-0.05, 0) is 36.2 Å². The predicted molar refractivity (Wildman–Crippen MR) is 125 cm³/mol. The van der Waals surface area contributed by atoms with E-state index in [0.717, 1.165) is 28.3 Å². The second-order valence-corrected chi connectivity index (χ2v) is 8.47. The minimum Gasteiger partial charge on any atom is -0.489 e. The highest BCUT2D eigenvalue weighted by molar-refractivity contribution is 7.99. The van der Waals surface area contributed by atoms with Gasteiger partial charge in [-0.25, -0.2) is 0 Å². The van der Waals surface area contributed by atoms with Gasteiger partial charge >= 0.3 is 0 Å². The number of hydrogen-bond donors (Lipinski definition) is 0. The molecule has 7 heteroatoms. The SMILES string of the molecule is Cc1ccccc1-n1cnnc1SCC(=O)N1c2ccccc2OCC1c1ccccc1. The summed E-state index contributed by atoms with van der Waals surface area (Å²) in [7, 11) is 0. The molecule has 1 atom stereocenters. The zero-order chi connectivity index (χ0) is 21.9. The van der Waals surface area contributed by atoms with Crippen molar-refractivity contribution in [3.05, 3.63) is 96.3 Å². The van der Waals surface area contributed by atoms with E-state index in [-0.39, 0.29) is 17.7 Å². The zero-order valence-electron chi connectivity index (χ0n) is 17.6. The third-order valence-corrected chi connectivity index (χ3v) is 6.43. The van der Waals surface area contributed by atoms with E-state index in [2.05, 4.69) is 10.2 Å². The Morgan fingerprint density at radius 3 is 2.53 bits per heavy atom. The van der Waals surface area contributed by atoms with Crippen molar-refractivity contribution >= 4 is 23.4 Å². The van der Waals surface area contributed by atoms with Crippen LogP contribution in [-0.4, -0.2) is 33.0 Å². The number of nitrogens with zero attached hydrogens (tertiary/aromatic N) is 4. The smallest absolute Gasteiger partial charge is 0.238 e. The fourth-order valence-electron chi connectivity index (χ4n) is 3.94. The highest BCUT2D eigenvalue weighted by atomic mass is 32.2. The van der Waals surface area contributed by atoms with Gasteiger partial charge in [-0.15, -0.1) is 10.2 Å². The van der Waals surface area contributed by atoms with Crippen molar-refractivity contribution in [2.75, 3.05) is 17.3 Å². The van der Waals surface area contributed by atoms with E-state index in [1.54, 1.807) is 6.33 Å². The maximum absolute atomic E-state index is 13.5. The van der Waals surface area contributed by atoms with Crippen LogP contribution < -0.4 is 9.64 Å². The highest BCUT2D eigenvalue weighted by Gasteiger charge is 2.33. The third kappa shape index (κ3) is 3.87. The molecule has 0 bridgehead atoms. The summed E-state index contributed by atoms with van der Waals surface area (Å²) in [5, 5.41) is 9.01. The Kier molecular flexibility index (Phi) is 5.64. The number of ether oxygens (including phenoxy) is 1. The van der Waals surface area contributed by atoms with Crippen molar-refractivity contribution in [1.29, 1.82) is 0 Å². The minimum atomic E-state index is -0.187. The van der Waals surface area contributed by atoms with Crippen LogP contribution >= 0.6 is 11.8 Å². The van der Waals surface area contributed by atoms with E-state index >= 15 is 0 Å². The van der Waals surface area contributed by atoms with Gasteiger partial charge in [0.15, 0.2) is 5.16 Å². The molecule has 0 spiro atoms. The zero-order valence-corrected chi connectivity index (χ0v) is 18.4. The summed E-state index contributed by atoms with van der Waals surface area (Å²) in [5.74, 6) is 0.961. The molecule has 160 valence electrons. The minimum absolute atomic E-state index is 0.000985. The number of para-hydroxylation sites is 3. The van der Waals surface area contributed by atoms with E-state index in [4.69, 9.17) is 4.74 Å². The number of aromatic nitrogens is 3. The second kappa shape index (κ2) is 8.88. The Morgan fingerprint density at radius 1 is 1.00 bits per heavy atom. The van der Waals surface area contributed by atoms with Crippen LogP contribution in [0.15, 0.2) is 90.3 Å². The molecule has 0 radical (unpaired) electrons. The van der Waals surface area contributed by atoms with Crippen molar-refractivity contribution in [2.45, 2.75) is 18.1 Å². The lowest BCUT2D eigenvalue weighted by Gasteiger charge is -2.37. The lowest BCUT2D eigenvalue weighted by Crippen LogP contribution is -2.42. The van der Waals surface area contributed by atoms with Crippen molar-refractivity contribution in [3.8, 4) is 11.4 Å². The number of anilines is 1. The summed E-state index contributed by atoms with van der Waals surface area (Å²) in [4.78, 5) is 15.4. The average Bonchev–Trinajstić information content (AvgIpc) is 3.31. The fourth-order valence-corrected chi connectivity index (χ4v) is 4.72. The summed E-state index contributed by atoms with van der Waals surface area (Å²) in [6, 6.07) is 25.6. The number of amides is 1. The molecule has 5 rings (SSSR count). The molecule has 0 saturated heterocycles. The van der Waals surface area contributed by atoms with Crippen LogP contribution in [0.2, 0.25) is 0 Å². The number of hydrogen-bond acceptors (Lipinski definition) is 5. The first-order valence-electron chi connectivity index (χ1n) is 10.4. The van der Waals surface area contributed by atoms with Crippen LogP contribution in [0.1, 0.15) is 17.2 Å². The molecule has 1 aliphatic rings. The van der Waals surface area contributed by atoms with Crippen molar-refractivity contribution in [3.63, 3.8) is 0 Å². The molecule has 3 aromatic carbocycles. The number of fused-ring (bicyclic) bond motifs is 1. The van der Waals surface area contributed by atoms with E-state index in [1.165, 1.54) is 11.8 Å². The van der Waals surface area contributed by atoms with Crippen molar-refractivity contribution in [2.24, 2.45) is 0 Å². The van der Waals surface area contributed by atoms with Gasteiger partial charge in [-0.3, -0.25) is 14.3 Å². The second-order valence-electron chi connectivity index (χ2n) is 7.53. The van der Waals surface area contributed by atoms with Gasteiger partial charge in [0.1, 0.15) is 18.7 Å². The van der Waals surface area contributed by atoms with Gasteiger partial charge < -0.3 is 4.74 Å². The van der Waals surface area contributed by atoms with Crippen LogP contribution in [0.5, 0.6) is 5.75 Å². The normalized spacial score (nSPS) is 15.2. The molecule has 0 fully saturated rings. The Bertz CT molecular complexity index is 1240. The monoisotopic (exact) mass is 442 g/mol. The van der Waals surface area contributed by atoms with Gasteiger partial charge in [-0.1, -0.05) is 72.4 Å². The van der Waals surface area contributed by atoms with E-state index in [9.17, 15) is 4.79 Å². The molecule has 1 aromatic heterocycles. The van der Waals surface area contributed by atoms with Gasteiger partial charge in [0.05, 0.1) is 23.2 Å². The Morgan fingerprint density at radius 2 is 1.72 bits per heavy atom. The number of carbonyl (C=O) groups is 1. The molecule has 0 saturated carbocycles. The molecule has 6 nitrogen and oxygen atoms in total. The molecule has 0 N–H and O–H groups in total. The topological polar surface area (TPSA) is 60.2 Å². The Labute approximate surface area is 190 Å². The van der Waals surface area contributed by atoms with Crippen LogP contribution in [-0.2, 0) is 4.79 Å². The first kappa shape index (κ1) is 20.3. The van der Waals surface area contributed by atoms with Crippen LogP contribution in [0.3, 0.4) is 0 Å². The molecule has 1 amide bonds. The maximum atomic E-state index is 13.5. The first-order chi connectivity index (χ1) is 15.7. The predicted octanol–water partition coefficient (Wildman–Crippen LogP) is 4.83. The number of benzene rings is 3. The molecule has 2 heterocycles. The average molecular weight is 443 g/mol. The quantitative estimate of drug-likeness (QED) is 0.414. The van der Waals surface area contributed by atoms with Crippen LogP contribution in [0, 0.1) is 6.92 Å². The van der Waals surface area contributed by atoms with Crippen molar-refractivity contribution in [1.82, 2.24) is 14.8 Å².